The molecule has 104 valence electrons. The van der Waals surface area contributed by atoms with Crippen molar-refractivity contribution in [3.63, 3.8) is 0 Å². The Labute approximate surface area is 117 Å². The first-order valence-corrected chi connectivity index (χ1v) is 6.76. The van der Waals surface area contributed by atoms with E-state index in [2.05, 4.69) is 21.5 Å². The van der Waals surface area contributed by atoms with Crippen LogP contribution < -0.4 is 10.2 Å². The quantitative estimate of drug-likeness (QED) is 0.864. The SMILES string of the molecule is Cn1cnc(NC(=O)N2CCCCc3ccccc32)n1. The number of anilines is 2. The lowest BCUT2D eigenvalue weighted by Gasteiger charge is -2.22. The molecule has 0 atom stereocenters. The van der Waals surface area contributed by atoms with E-state index in [9.17, 15) is 4.79 Å². The molecule has 1 aliphatic heterocycles. The van der Waals surface area contributed by atoms with Crippen molar-refractivity contribution in [2.24, 2.45) is 7.05 Å². The molecule has 6 nitrogen and oxygen atoms in total. The summed E-state index contributed by atoms with van der Waals surface area (Å²) >= 11 is 0. The molecule has 0 bridgehead atoms. The minimum absolute atomic E-state index is 0.175. The Kier molecular flexibility index (Phi) is 3.37. The molecule has 0 fully saturated rings. The van der Waals surface area contributed by atoms with Crippen molar-refractivity contribution in [2.75, 3.05) is 16.8 Å². The van der Waals surface area contributed by atoms with E-state index in [4.69, 9.17) is 0 Å². The summed E-state index contributed by atoms with van der Waals surface area (Å²) in [6.07, 6.45) is 4.67. The van der Waals surface area contributed by atoms with E-state index in [-0.39, 0.29) is 6.03 Å². The lowest BCUT2D eigenvalue weighted by molar-refractivity contribution is 0.256. The fourth-order valence-corrected chi connectivity index (χ4v) is 2.46. The maximum Gasteiger partial charge on any atom is 0.328 e. The second-order valence-electron chi connectivity index (χ2n) is 4.91. The number of nitrogens with one attached hydrogen (secondary N) is 1. The van der Waals surface area contributed by atoms with Crippen molar-refractivity contribution in [3.05, 3.63) is 36.2 Å². The molecular weight excluding hydrogens is 254 g/mol. The van der Waals surface area contributed by atoms with Crippen LogP contribution in [0.3, 0.4) is 0 Å². The molecule has 0 radical (unpaired) electrons. The number of urea groups is 1. The first-order chi connectivity index (χ1) is 9.74. The molecule has 1 aromatic heterocycles. The lowest BCUT2D eigenvalue weighted by atomic mass is 10.1. The molecule has 0 saturated heterocycles. The smallest absolute Gasteiger partial charge is 0.294 e. The van der Waals surface area contributed by atoms with Crippen LogP contribution in [0.25, 0.3) is 0 Å². The van der Waals surface area contributed by atoms with Crippen LogP contribution >= 0.6 is 0 Å². The zero-order chi connectivity index (χ0) is 13.9. The van der Waals surface area contributed by atoms with Crippen LogP contribution in [0, 0.1) is 0 Å². The van der Waals surface area contributed by atoms with Gasteiger partial charge in [0.2, 0.25) is 5.95 Å². The number of hydrogen-bond acceptors (Lipinski definition) is 3. The van der Waals surface area contributed by atoms with Crippen LogP contribution in [-0.2, 0) is 13.5 Å². The summed E-state index contributed by atoms with van der Waals surface area (Å²) in [5.74, 6) is 0.333. The molecule has 2 aromatic rings. The average molecular weight is 271 g/mol. The summed E-state index contributed by atoms with van der Waals surface area (Å²) in [7, 11) is 1.77. The van der Waals surface area contributed by atoms with Gasteiger partial charge in [-0.05, 0) is 30.9 Å². The third-order valence-electron chi connectivity index (χ3n) is 3.42. The standard InChI is InChI=1S/C14H17N5O/c1-18-10-15-13(17-18)16-14(20)19-9-5-4-7-11-6-2-3-8-12(11)19/h2-3,6,8,10H,4-5,7,9H2,1H3,(H,16,17,20). The molecule has 3 rings (SSSR count). The predicted molar refractivity (Wildman–Crippen MR) is 76.7 cm³/mol. The Bertz CT molecular complexity index is 622. The molecule has 0 aliphatic carbocycles. The molecule has 2 amide bonds. The van der Waals surface area contributed by atoms with E-state index < -0.39 is 0 Å². The van der Waals surface area contributed by atoms with Crippen LogP contribution in [0.2, 0.25) is 0 Å². The third kappa shape index (κ3) is 2.49. The topological polar surface area (TPSA) is 63.1 Å². The van der Waals surface area contributed by atoms with Gasteiger partial charge in [-0.3, -0.25) is 14.9 Å². The Hall–Kier alpha value is -2.37. The van der Waals surface area contributed by atoms with Gasteiger partial charge < -0.3 is 0 Å². The summed E-state index contributed by atoms with van der Waals surface area (Å²) in [5.41, 5.74) is 2.20. The number of carbonyl (C=O) groups is 1. The van der Waals surface area contributed by atoms with Gasteiger partial charge in [0.05, 0.1) is 0 Å². The van der Waals surface area contributed by atoms with Gasteiger partial charge in [-0.15, -0.1) is 5.10 Å². The van der Waals surface area contributed by atoms with Crippen molar-refractivity contribution in [3.8, 4) is 0 Å². The Balaban J connectivity index is 1.83. The minimum Gasteiger partial charge on any atom is -0.294 e. The highest BCUT2D eigenvalue weighted by atomic mass is 16.2. The maximum atomic E-state index is 12.4. The van der Waals surface area contributed by atoms with Gasteiger partial charge in [0.1, 0.15) is 6.33 Å². The number of aryl methyl sites for hydroxylation is 2. The van der Waals surface area contributed by atoms with E-state index in [1.165, 1.54) is 5.56 Å². The number of nitrogens with zero attached hydrogens (tertiary/aromatic N) is 4. The molecule has 0 saturated carbocycles. The van der Waals surface area contributed by atoms with Crippen LogP contribution in [0.1, 0.15) is 18.4 Å². The van der Waals surface area contributed by atoms with Crippen molar-refractivity contribution >= 4 is 17.7 Å². The third-order valence-corrected chi connectivity index (χ3v) is 3.42. The number of fused-ring (bicyclic) bond motifs is 1. The van der Waals surface area contributed by atoms with Crippen molar-refractivity contribution in [1.29, 1.82) is 0 Å². The van der Waals surface area contributed by atoms with Gasteiger partial charge in [-0.25, -0.2) is 9.78 Å². The van der Waals surface area contributed by atoms with E-state index >= 15 is 0 Å². The van der Waals surface area contributed by atoms with Crippen LogP contribution in [0.15, 0.2) is 30.6 Å². The summed E-state index contributed by atoms with van der Waals surface area (Å²) in [6.45, 7) is 0.718. The molecule has 1 aromatic carbocycles. The fraction of sp³-hybridized carbons (Fsp3) is 0.357. The lowest BCUT2D eigenvalue weighted by Crippen LogP contribution is -2.36. The Morgan fingerprint density at radius 2 is 2.15 bits per heavy atom. The van der Waals surface area contributed by atoms with Crippen LogP contribution in [0.5, 0.6) is 0 Å². The average Bonchev–Trinajstić information content (AvgIpc) is 2.74. The number of amides is 2. The van der Waals surface area contributed by atoms with Crippen LogP contribution in [-0.4, -0.2) is 27.3 Å². The summed E-state index contributed by atoms with van der Waals surface area (Å²) in [6, 6.07) is 7.88. The normalized spacial score (nSPS) is 14.6. The van der Waals surface area contributed by atoms with Crippen molar-refractivity contribution < 1.29 is 4.79 Å². The van der Waals surface area contributed by atoms with Crippen molar-refractivity contribution in [2.45, 2.75) is 19.3 Å². The second kappa shape index (κ2) is 5.32. The molecule has 2 heterocycles. The largest absolute Gasteiger partial charge is 0.328 e. The van der Waals surface area contributed by atoms with E-state index in [0.29, 0.717) is 5.95 Å². The molecule has 6 heteroatoms. The molecular formula is C14H17N5O. The van der Waals surface area contributed by atoms with Crippen molar-refractivity contribution in [1.82, 2.24) is 14.8 Å². The number of para-hydroxylation sites is 1. The molecule has 1 aliphatic rings. The number of aromatic nitrogens is 3. The highest BCUT2D eigenvalue weighted by molar-refractivity contribution is 6.01. The Morgan fingerprint density at radius 3 is 2.95 bits per heavy atom. The number of benzene rings is 1. The molecule has 0 unspecified atom stereocenters. The number of hydrogen-bond donors (Lipinski definition) is 1. The zero-order valence-electron chi connectivity index (χ0n) is 11.4. The van der Waals surface area contributed by atoms with E-state index in [1.54, 1.807) is 23.0 Å². The summed E-state index contributed by atoms with van der Waals surface area (Å²) in [5, 5.41) is 6.82. The van der Waals surface area contributed by atoms with Gasteiger partial charge in [0.25, 0.3) is 0 Å². The highest BCUT2D eigenvalue weighted by Gasteiger charge is 2.21. The zero-order valence-corrected chi connectivity index (χ0v) is 11.4. The Morgan fingerprint density at radius 1 is 1.30 bits per heavy atom. The van der Waals surface area contributed by atoms with Gasteiger partial charge >= 0.3 is 6.03 Å². The van der Waals surface area contributed by atoms with Crippen LogP contribution in [0.4, 0.5) is 16.4 Å². The molecule has 0 spiro atoms. The van der Waals surface area contributed by atoms with E-state index in [0.717, 1.165) is 31.5 Å². The highest BCUT2D eigenvalue weighted by Crippen LogP contribution is 2.26. The minimum atomic E-state index is -0.175. The monoisotopic (exact) mass is 271 g/mol. The van der Waals surface area contributed by atoms with E-state index in [1.807, 2.05) is 18.2 Å². The summed E-state index contributed by atoms with van der Waals surface area (Å²) in [4.78, 5) is 18.2. The van der Waals surface area contributed by atoms with Gasteiger partial charge in [0, 0.05) is 19.3 Å². The molecule has 1 N–H and O–H groups in total. The first-order valence-electron chi connectivity index (χ1n) is 6.76. The second-order valence-corrected chi connectivity index (χ2v) is 4.91. The number of rotatable bonds is 1. The van der Waals surface area contributed by atoms with Gasteiger partial charge in [0.15, 0.2) is 0 Å². The first kappa shape index (κ1) is 12.7. The predicted octanol–water partition coefficient (Wildman–Crippen LogP) is 2.19. The van der Waals surface area contributed by atoms with Gasteiger partial charge in [-0.2, -0.15) is 0 Å². The maximum absolute atomic E-state index is 12.4. The summed E-state index contributed by atoms with van der Waals surface area (Å²) < 4.78 is 1.56. The molecule has 20 heavy (non-hydrogen) atoms. The fourth-order valence-electron chi connectivity index (χ4n) is 2.46. The van der Waals surface area contributed by atoms with Gasteiger partial charge in [-0.1, -0.05) is 18.2 Å². The number of carbonyl (C=O) groups excluding carboxylic acids is 1.